The van der Waals surface area contributed by atoms with Crippen LogP contribution in [0.25, 0.3) is 0 Å². The lowest BCUT2D eigenvalue weighted by molar-refractivity contribution is 0.0921. The summed E-state index contributed by atoms with van der Waals surface area (Å²) in [7, 11) is 0. The number of imidazole rings is 1. The SMILES string of the molecule is C=CCNC(=O)c1nc(C(=O)NC2CCCC2)n2c1CCCC2. The molecular formula is C17H24N4O2. The van der Waals surface area contributed by atoms with Gasteiger partial charge in [0.25, 0.3) is 11.8 Å². The molecule has 6 nitrogen and oxygen atoms in total. The molecule has 0 spiro atoms. The largest absolute Gasteiger partial charge is 0.347 e. The van der Waals surface area contributed by atoms with Crippen LogP contribution in [0.2, 0.25) is 0 Å². The monoisotopic (exact) mass is 316 g/mol. The summed E-state index contributed by atoms with van der Waals surface area (Å²) in [6.45, 7) is 4.75. The number of rotatable bonds is 5. The molecule has 0 radical (unpaired) electrons. The summed E-state index contributed by atoms with van der Waals surface area (Å²) in [5.41, 5.74) is 1.28. The number of nitrogens with one attached hydrogen (secondary N) is 2. The first-order chi connectivity index (χ1) is 11.2. The van der Waals surface area contributed by atoms with E-state index in [1.54, 1.807) is 6.08 Å². The van der Waals surface area contributed by atoms with Gasteiger partial charge in [-0.05, 0) is 32.1 Å². The van der Waals surface area contributed by atoms with Crippen molar-refractivity contribution in [1.29, 1.82) is 0 Å². The summed E-state index contributed by atoms with van der Waals surface area (Å²) in [6.07, 6.45) is 8.87. The fraction of sp³-hybridized carbons (Fsp3) is 0.588. The molecule has 1 aliphatic heterocycles. The maximum atomic E-state index is 12.6. The van der Waals surface area contributed by atoms with Crippen molar-refractivity contribution < 1.29 is 9.59 Å². The summed E-state index contributed by atoms with van der Waals surface area (Å²) >= 11 is 0. The van der Waals surface area contributed by atoms with Crippen molar-refractivity contribution in [3.05, 3.63) is 29.9 Å². The quantitative estimate of drug-likeness (QED) is 0.813. The highest BCUT2D eigenvalue weighted by molar-refractivity contribution is 5.97. The highest BCUT2D eigenvalue weighted by Crippen LogP contribution is 2.22. The highest BCUT2D eigenvalue weighted by atomic mass is 16.2. The minimum atomic E-state index is -0.226. The zero-order valence-corrected chi connectivity index (χ0v) is 13.4. The molecule has 2 heterocycles. The minimum Gasteiger partial charge on any atom is -0.347 e. The van der Waals surface area contributed by atoms with Gasteiger partial charge in [0.05, 0.1) is 5.69 Å². The first kappa shape index (κ1) is 15.8. The van der Waals surface area contributed by atoms with Gasteiger partial charge in [0.15, 0.2) is 5.82 Å². The molecule has 0 atom stereocenters. The average Bonchev–Trinajstić information content (AvgIpc) is 3.20. The zero-order valence-electron chi connectivity index (χ0n) is 13.4. The normalized spacial score (nSPS) is 17.6. The van der Waals surface area contributed by atoms with E-state index in [2.05, 4.69) is 22.2 Å². The maximum Gasteiger partial charge on any atom is 0.287 e. The van der Waals surface area contributed by atoms with Gasteiger partial charge in [0.1, 0.15) is 5.69 Å². The van der Waals surface area contributed by atoms with E-state index in [4.69, 9.17) is 0 Å². The molecule has 6 heteroatoms. The third-order valence-electron chi connectivity index (χ3n) is 4.63. The Labute approximate surface area is 136 Å². The number of fused-ring (bicyclic) bond motifs is 1. The van der Waals surface area contributed by atoms with E-state index in [-0.39, 0.29) is 17.9 Å². The maximum absolute atomic E-state index is 12.6. The van der Waals surface area contributed by atoms with Gasteiger partial charge >= 0.3 is 0 Å². The van der Waals surface area contributed by atoms with E-state index < -0.39 is 0 Å². The van der Waals surface area contributed by atoms with Crippen LogP contribution in [0.15, 0.2) is 12.7 Å². The Balaban J connectivity index is 1.84. The standard InChI is InChI=1S/C17H24N4O2/c1-2-10-18-16(22)14-13-9-5-6-11-21(13)15(20-14)17(23)19-12-7-3-4-8-12/h2,12H,1,3-11H2,(H,18,22)(H,19,23). The summed E-state index contributed by atoms with van der Waals surface area (Å²) < 4.78 is 1.93. The van der Waals surface area contributed by atoms with Crippen LogP contribution in [0, 0.1) is 0 Å². The number of carbonyl (C=O) groups excluding carboxylic acids is 2. The van der Waals surface area contributed by atoms with Gasteiger partial charge in [-0.1, -0.05) is 18.9 Å². The van der Waals surface area contributed by atoms with Gasteiger partial charge in [-0.3, -0.25) is 9.59 Å². The van der Waals surface area contributed by atoms with Crippen molar-refractivity contribution in [1.82, 2.24) is 20.2 Å². The van der Waals surface area contributed by atoms with E-state index in [1.807, 2.05) is 4.57 Å². The predicted octanol–water partition coefficient (Wildman–Crippen LogP) is 1.81. The van der Waals surface area contributed by atoms with Gasteiger partial charge in [-0.25, -0.2) is 4.98 Å². The molecule has 0 unspecified atom stereocenters. The molecule has 0 bridgehead atoms. The third-order valence-corrected chi connectivity index (χ3v) is 4.63. The Bertz CT molecular complexity index is 614. The molecule has 1 aromatic heterocycles. The molecular weight excluding hydrogens is 292 g/mol. The van der Waals surface area contributed by atoms with Crippen LogP contribution in [-0.2, 0) is 13.0 Å². The highest BCUT2D eigenvalue weighted by Gasteiger charge is 2.28. The van der Waals surface area contributed by atoms with Crippen molar-refractivity contribution in [2.45, 2.75) is 57.5 Å². The van der Waals surface area contributed by atoms with Crippen LogP contribution in [0.3, 0.4) is 0 Å². The molecule has 1 fully saturated rings. The number of carbonyl (C=O) groups is 2. The molecule has 3 rings (SSSR count). The zero-order chi connectivity index (χ0) is 16.2. The molecule has 1 aliphatic carbocycles. The lowest BCUT2D eigenvalue weighted by atomic mass is 10.1. The van der Waals surface area contributed by atoms with Crippen LogP contribution in [-0.4, -0.2) is 34.0 Å². The molecule has 124 valence electrons. The van der Waals surface area contributed by atoms with Crippen LogP contribution >= 0.6 is 0 Å². The fourth-order valence-electron chi connectivity index (χ4n) is 3.47. The number of hydrogen-bond acceptors (Lipinski definition) is 3. The second kappa shape index (κ2) is 6.98. The van der Waals surface area contributed by atoms with E-state index in [0.717, 1.165) is 44.3 Å². The summed E-state index contributed by atoms with van der Waals surface area (Å²) in [5.74, 6) is 0.00800. The smallest absolute Gasteiger partial charge is 0.287 e. The first-order valence-electron chi connectivity index (χ1n) is 8.50. The van der Waals surface area contributed by atoms with Crippen LogP contribution < -0.4 is 10.6 Å². The fourth-order valence-corrected chi connectivity index (χ4v) is 3.47. The Morgan fingerprint density at radius 3 is 2.74 bits per heavy atom. The number of nitrogens with zero attached hydrogens (tertiary/aromatic N) is 2. The molecule has 1 saturated carbocycles. The van der Waals surface area contributed by atoms with E-state index in [0.29, 0.717) is 18.1 Å². The third kappa shape index (κ3) is 3.30. The van der Waals surface area contributed by atoms with Crippen molar-refractivity contribution in [2.75, 3.05) is 6.54 Å². The Morgan fingerprint density at radius 2 is 2.00 bits per heavy atom. The topological polar surface area (TPSA) is 76.0 Å². The Morgan fingerprint density at radius 1 is 1.22 bits per heavy atom. The minimum absolute atomic E-state index is 0.150. The second-order valence-corrected chi connectivity index (χ2v) is 6.29. The first-order valence-corrected chi connectivity index (χ1v) is 8.50. The Hall–Kier alpha value is -2.11. The summed E-state index contributed by atoms with van der Waals surface area (Å²) in [5, 5.41) is 5.83. The van der Waals surface area contributed by atoms with E-state index >= 15 is 0 Å². The average molecular weight is 316 g/mol. The van der Waals surface area contributed by atoms with Crippen LogP contribution in [0.5, 0.6) is 0 Å². The second-order valence-electron chi connectivity index (χ2n) is 6.29. The predicted molar refractivity (Wildman–Crippen MR) is 87.4 cm³/mol. The van der Waals surface area contributed by atoms with Crippen molar-refractivity contribution >= 4 is 11.8 Å². The number of hydrogen-bond donors (Lipinski definition) is 2. The van der Waals surface area contributed by atoms with Crippen molar-refractivity contribution in [2.24, 2.45) is 0 Å². The molecule has 23 heavy (non-hydrogen) atoms. The lowest BCUT2D eigenvalue weighted by Gasteiger charge is -2.18. The number of amides is 2. The number of aromatic nitrogens is 2. The van der Waals surface area contributed by atoms with E-state index in [1.165, 1.54) is 12.8 Å². The van der Waals surface area contributed by atoms with E-state index in [9.17, 15) is 9.59 Å². The molecule has 0 saturated heterocycles. The Kier molecular flexibility index (Phi) is 4.79. The van der Waals surface area contributed by atoms with Gasteiger partial charge in [0.2, 0.25) is 0 Å². The van der Waals surface area contributed by atoms with Crippen molar-refractivity contribution in [3.63, 3.8) is 0 Å². The lowest BCUT2D eigenvalue weighted by Crippen LogP contribution is -2.35. The van der Waals surface area contributed by atoms with Crippen molar-refractivity contribution in [3.8, 4) is 0 Å². The summed E-state index contributed by atoms with van der Waals surface area (Å²) in [4.78, 5) is 29.3. The van der Waals surface area contributed by atoms with Gasteiger partial charge in [-0.15, -0.1) is 6.58 Å². The van der Waals surface area contributed by atoms with Crippen LogP contribution in [0.4, 0.5) is 0 Å². The van der Waals surface area contributed by atoms with Crippen LogP contribution in [0.1, 0.15) is 65.3 Å². The molecule has 0 aromatic carbocycles. The summed E-state index contributed by atoms with van der Waals surface area (Å²) in [6, 6.07) is 0.247. The molecule has 2 N–H and O–H groups in total. The van der Waals surface area contributed by atoms with Gasteiger partial charge in [-0.2, -0.15) is 0 Å². The molecule has 2 aliphatic rings. The van der Waals surface area contributed by atoms with Gasteiger partial charge in [0, 0.05) is 19.1 Å². The molecule has 1 aromatic rings. The van der Waals surface area contributed by atoms with Gasteiger partial charge < -0.3 is 15.2 Å². The molecule has 2 amide bonds.